The highest BCUT2D eigenvalue weighted by Gasteiger charge is 2.03. The van der Waals surface area contributed by atoms with Gasteiger partial charge in [0.05, 0.1) is 13.2 Å². The highest BCUT2D eigenvalue weighted by molar-refractivity contribution is 5.69. The molecule has 0 aromatic rings. The molecule has 0 N–H and O–H groups in total. The molecule has 4 nitrogen and oxygen atoms in total. The molecule has 4 heteroatoms. The molecule has 0 saturated carbocycles. The standard InChI is InChI=1S/C20H38O4/c1-3-5-6-11-14-18-24-20(22)16-13-10-8-7-9-12-15-19(21)23-17-4-2/h3-18H2,1-2H3. The van der Waals surface area contributed by atoms with Crippen LogP contribution in [0, 0.1) is 0 Å². The Morgan fingerprint density at radius 3 is 1.54 bits per heavy atom. The molecule has 0 spiro atoms. The largest absolute Gasteiger partial charge is 0.466 e. The SMILES string of the molecule is CCCCCCCOC(=O)CCCCCCCCC(=O)OCCC. The maximum Gasteiger partial charge on any atom is 0.305 e. The summed E-state index contributed by atoms with van der Waals surface area (Å²) in [6.45, 7) is 5.31. The van der Waals surface area contributed by atoms with Gasteiger partial charge in [0, 0.05) is 12.8 Å². The number of carbonyl (C=O) groups is 2. The summed E-state index contributed by atoms with van der Waals surface area (Å²) in [4.78, 5) is 22.9. The van der Waals surface area contributed by atoms with Crippen molar-refractivity contribution in [2.45, 2.75) is 104 Å². The normalized spacial score (nSPS) is 10.6. The van der Waals surface area contributed by atoms with Crippen LogP contribution in [0.25, 0.3) is 0 Å². The molecule has 0 aliphatic carbocycles. The predicted molar refractivity (Wildman–Crippen MR) is 97.9 cm³/mol. The maximum atomic E-state index is 11.6. The van der Waals surface area contributed by atoms with Gasteiger partial charge in [-0.15, -0.1) is 0 Å². The number of hydrogen-bond acceptors (Lipinski definition) is 4. The average molecular weight is 343 g/mol. The molecular formula is C20H38O4. The van der Waals surface area contributed by atoms with Crippen LogP contribution in [0.4, 0.5) is 0 Å². The molecule has 0 unspecified atom stereocenters. The lowest BCUT2D eigenvalue weighted by Gasteiger charge is -2.05. The van der Waals surface area contributed by atoms with E-state index < -0.39 is 0 Å². The summed E-state index contributed by atoms with van der Waals surface area (Å²) in [5, 5.41) is 0. The van der Waals surface area contributed by atoms with Crippen LogP contribution >= 0.6 is 0 Å². The van der Waals surface area contributed by atoms with Crippen molar-refractivity contribution in [1.82, 2.24) is 0 Å². The second-order valence-corrected chi connectivity index (χ2v) is 6.48. The molecule has 0 atom stereocenters. The Morgan fingerprint density at radius 2 is 1.00 bits per heavy atom. The highest BCUT2D eigenvalue weighted by Crippen LogP contribution is 2.10. The lowest BCUT2D eigenvalue weighted by molar-refractivity contribution is -0.144. The maximum absolute atomic E-state index is 11.6. The minimum Gasteiger partial charge on any atom is -0.466 e. The molecule has 0 saturated heterocycles. The molecule has 0 heterocycles. The van der Waals surface area contributed by atoms with Crippen molar-refractivity contribution in [3.05, 3.63) is 0 Å². The van der Waals surface area contributed by atoms with E-state index in [-0.39, 0.29) is 11.9 Å². The lowest BCUT2D eigenvalue weighted by Crippen LogP contribution is -2.05. The Labute approximate surface area is 148 Å². The van der Waals surface area contributed by atoms with Gasteiger partial charge in [0.2, 0.25) is 0 Å². The third-order valence-corrected chi connectivity index (χ3v) is 3.99. The van der Waals surface area contributed by atoms with E-state index in [9.17, 15) is 9.59 Å². The fourth-order valence-electron chi connectivity index (χ4n) is 2.50. The number of unbranched alkanes of at least 4 members (excludes halogenated alkanes) is 9. The van der Waals surface area contributed by atoms with Crippen molar-refractivity contribution in [2.24, 2.45) is 0 Å². The van der Waals surface area contributed by atoms with E-state index in [2.05, 4.69) is 6.92 Å². The van der Waals surface area contributed by atoms with Crippen molar-refractivity contribution in [3.8, 4) is 0 Å². The minimum absolute atomic E-state index is 0.0517. The van der Waals surface area contributed by atoms with Gasteiger partial charge in [0.1, 0.15) is 0 Å². The van der Waals surface area contributed by atoms with Crippen molar-refractivity contribution in [2.75, 3.05) is 13.2 Å². The summed E-state index contributed by atoms with van der Waals surface area (Å²) >= 11 is 0. The van der Waals surface area contributed by atoms with Crippen LogP contribution in [0.5, 0.6) is 0 Å². The van der Waals surface area contributed by atoms with E-state index >= 15 is 0 Å². The zero-order valence-corrected chi connectivity index (χ0v) is 15.9. The van der Waals surface area contributed by atoms with Gasteiger partial charge in [0.15, 0.2) is 0 Å². The van der Waals surface area contributed by atoms with Crippen LogP contribution in [0.3, 0.4) is 0 Å². The van der Waals surface area contributed by atoms with E-state index in [0.29, 0.717) is 26.1 Å². The van der Waals surface area contributed by atoms with Gasteiger partial charge in [-0.25, -0.2) is 0 Å². The molecule has 142 valence electrons. The van der Waals surface area contributed by atoms with Gasteiger partial charge in [-0.05, 0) is 25.7 Å². The summed E-state index contributed by atoms with van der Waals surface area (Å²) in [5.74, 6) is -0.126. The molecule has 0 fully saturated rings. The summed E-state index contributed by atoms with van der Waals surface area (Å²) < 4.78 is 10.3. The van der Waals surface area contributed by atoms with Crippen LogP contribution in [-0.2, 0) is 19.1 Å². The molecule has 0 rings (SSSR count). The third-order valence-electron chi connectivity index (χ3n) is 3.99. The highest BCUT2D eigenvalue weighted by atomic mass is 16.5. The Bertz CT molecular complexity index is 302. The Morgan fingerprint density at radius 1 is 0.542 bits per heavy atom. The zero-order valence-electron chi connectivity index (χ0n) is 15.9. The first-order valence-electron chi connectivity index (χ1n) is 10.0. The van der Waals surface area contributed by atoms with E-state index in [1.54, 1.807) is 0 Å². The van der Waals surface area contributed by atoms with Crippen LogP contribution in [-0.4, -0.2) is 25.2 Å². The molecule has 0 aromatic heterocycles. The molecule has 0 aliphatic rings. The topological polar surface area (TPSA) is 52.6 Å². The number of rotatable bonds is 17. The van der Waals surface area contributed by atoms with Gasteiger partial charge >= 0.3 is 11.9 Å². The summed E-state index contributed by atoms with van der Waals surface area (Å²) in [6, 6.07) is 0. The predicted octanol–water partition coefficient (Wildman–Crippen LogP) is 5.57. The Kier molecular flexibility index (Phi) is 17.5. The lowest BCUT2D eigenvalue weighted by atomic mass is 10.1. The van der Waals surface area contributed by atoms with E-state index in [0.717, 1.165) is 57.8 Å². The zero-order chi connectivity index (χ0) is 17.9. The Hall–Kier alpha value is -1.06. The first-order chi connectivity index (χ1) is 11.7. The van der Waals surface area contributed by atoms with Crippen LogP contribution < -0.4 is 0 Å². The van der Waals surface area contributed by atoms with Crippen LogP contribution in [0.1, 0.15) is 104 Å². The molecule has 0 aromatic carbocycles. The molecule has 0 aliphatic heterocycles. The average Bonchev–Trinajstić information content (AvgIpc) is 2.58. The van der Waals surface area contributed by atoms with Gasteiger partial charge in [0.25, 0.3) is 0 Å². The first kappa shape index (κ1) is 22.9. The van der Waals surface area contributed by atoms with Crippen molar-refractivity contribution < 1.29 is 19.1 Å². The van der Waals surface area contributed by atoms with Crippen LogP contribution in [0.2, 0.25) is 0 Å². The minimum atomic E-state index is -0.0747. The quantitative estimate of drug-likeness (QED) is 0.256. The number of ether oxygens (including phenoxy) is 2. The third kappa shape index (κ3) is 17.3. The summed E-state index contributed by atoms with van der Waals surface area (Å²) in [5.41, 5.74) is 0. The molecule has 0 bridgehead atoms. The van der Waals surface area contributed by atoms with Crippen molar-refractivity contribution in [1.29, 1.82) is 0 Å². The fraction of sp³-hybridized carbons (Fsp3) is 0.900. The number of esters is 2. The van der Waals surface area contributed by atoms with Gasteiger partial charge < -0.3 is 9.47 Å². The van der Waals surface area contributed by atoms with E-state index in [1.807, 2.05) is 6.92 Å². The summed E-state index contributed by atoms with van der Waals surface area (Å²) in [7, 11) is 0. The first-order valence-corrected chi connectivity index (χ1v) is 10.0. The second-order valence-electron chi connectivity index (χ2n) is 6.48. The molecular weight excluding hydrogens is 304 g/mol. The van der Waals surface area contributed by atoms with E-state index in [4.69, 9.17) is 9.47 Å². The smallest absolute Gasteiger partial charge is 0.305 e. The molecule has 24 heavy (non-hydrogen) atoms. The monoisotopic (exact) mass is 342 g/mol. The molecule has 0 amide bonds. The number of carbonyl (C=O) groups excluding carboxylic acids is 2. The number of hydrogen-bond donors (Lipinski definition) is 0. The second kappa shape index (κ2) is 18.3. The van der Waals surface area contributed by atoms with Gasteiger partial charge in [-0.1, -0.05) is 65.2 Å². The summed E-state index contributed by atoms with van der Waals surface area (Å²) in [6.07, 6.45) is 14.0. The fourth-order valence-corrected chi connectivity index (χ4v) is 2.50. The Balaban J connectivity index is 3.23. The van der Waals surface area contributed by atoms with Crippen LogP contribution in [0.15, 0.2) is 0 Å². The van der Waals surface area contributed by atoms with Gasteiger partial charge in [-0.3, -0.25) is 9.59 Å². The van der Waals surface area contributed by atoms with Gasteiger partial charge in [-0.2, -0.15) is 0 Å². The molecule has 0 radical (unpaired) electrons. The van der Waals surface area contributed by atoms with Crippen molar-refractivity contribution >= 4 is 11.9 Å². The van der Waals surface area contributed by atoms with E-state index in [1.165, 1.54) is 19.3 Å². The van der Waals surface area contributed by atoms with Crippen molar-refractivity contribution in [3.63, 3.8) is 0 Å².